The molecule has 13 rings (SSSR count). The van der Waals surface area contributed by atoms with E-state index in [0.29, 0.717) is 0 Å². The average Bonchev–Trinajstić information content (AvgIpc) is 3.73. The fourth-order valence-electron chi connectivity index (χ4n) is 10.1. The summed E-state index contributed by atoms with van der Waals surface area (Å²) in [6.07, 6.45) is 3.63. The molecular formula is C60H37N5. The highest BCUT2D eigenvalue weighted by atomic mass is 15.0. The van der Waals surface area contributed by atoms with Crippen LogP contribution in [0, 0.1) is 0 Å². The lowest BCUT2D eigenvalue weighted by Gasteiger charge is -2.18. The van der Waals surface area contributed by atoms with E-state index in [1.807, 2.05) is 48.8 Å². The second-order valence-corrected chi connectivity index (χ2v) is 16.5. The number of rotatable bonds is 6. The predicted molar refractivity (Wildman–Crippen MR) is 269 cm³/mol. The van der Waals surface area contributed by atoms with Gasteiger partial charge in [-0.15, -0.1) is 0 Å². The van der Waals surface area contributed by atoms with E-state index in [2.05, 4.69) is 190 Å². The summed E-state index contributed by atoms with van der Waals surface area (Å²) >= 11 is 0. The van der Waals surface area contributed by atoms with Gasteiger partial charge in [0, 0.05) is 50.6 Å². The van der Waals surface area contributed by atoms with Gasteiger partial charge in [0.25, 0.3) is 0 Å². The molecule has 0 saturated heterocycles. The lowest BCUT2D eigenvalue weighted by atomic mass is 9.87. The first-order valence-electron chi connectivity index (χ1n) is 22.0. The molecule has 0 atom stereocenters. The zero-order chi connectivity index (χ0) is 42.8. The number of hydrogen-bond donors (Lipinski definition) is 0. The van der Waals surface area contributed by atoms with Crippen LogP contribution in [0.4, 0.5) is 0 Å². The van der Waals surface area contributed by atoms with Crippen LogP contribution >= 0.6 is 0 Å². The van der Waals surface area contributed by atoms with Crippen LogP contribution in [0.15, 0.2) is 225 Å². The highest BCUT2D eigenvalue weighted by molar-refractivity contribution is 6.34. The van der Waals surface area contributed by atoms with Crippen LogP contribution < -0.4 is 0 Å². The monoisotopic (exact) mass is 827 g/mol. The third-order valence-corrected chi connectivity index (χ3v) is 12.9. The van der Waals surface area contributed by atoms with E-state index in [0.717, 1.165) is 89.0 Å². The Bertz CT molecular complexity index is 3920. The number of aromatic nitrogens is 5. The molecule has 5 nitrogen and oxygen atoms in total. The molecule has 0 spiro atoms. The number of benzene rings is 8. The van der Waals surface area contributed by atoms with Crippen LogP contribution in [0.25, 0.3) is 127 Å². The SMILES string of the molecule is c1ccc(-c2nc3cc(-c4ccc(-c5cc(-c6ccccn6)nc(-c6ccccn6)c5)c5ccccc45)c4ccccc4c3c3c2ccc2c3c3ccccc3n2-c2ccccc2)cc1. The van der Waals surface area contributed by atoms with Crippen LogP contribution in [0.2, 0.25) is 0 Å². The Morgan fingerprint density at radius 1 is 0.308 bits per heavy atom. The van der Waals surface area contributed by atoms with Crippen molar-refractivity contribution in [2.24, 2.45) is 0 Å². The van der Waals surface area contributed by atoms with Gasteiger partial charge >= 0.3 is 0 Å². The van der Waals surface area contributed by atoms with Crippen molar-refractivity contribution in [2.45, 2.75) is 0 Å². The Balaban J connectivity index is 1.11. The van der Waals surface area contributed by atoms with Crippen LogP contribution in [-0.2, 0) is 0 Å². The molecule has 0 aliphatic heterocycles. The first-order valence-corrected chi connectivity index (χ1v) is 22.0. The van der Waals surface area contributed by atoms with Crippen molar-refractivity contribution in [1.29, 1.82) is 0 Å². The summed E-state index contributed by atoms with van der Waals surface area (Å²) in [5.74, 6) is 0. The lowest BCUT2D eigenvalue weighted by Crippen LogP contribution is -1.96. The van der Waals surface area contributed by atoms with Gasteiger partial charge < -0.3 is 4.57 Å². The molecule has 0 aliphatic rings. The Morgan fingerprint density at radius 2 is 0.877 bits per heavy atom. The molecule has 0 aliphatic carbocycles. The average molecular weight is 828 g/mol. The summed E-state index contributed by atoms with van der Waals surface area (Å²) in [5, 5.41) is 10.6. The van der Waals surface area contributed by atoms with Crippen molar-refractivity contribution >= 4 is 65.0 Å². The number of hydrogen-bond acceptors (Lipinski definition) is 4. The third-order valence-electron chi connectivity index (χ3n) is 12.9. The summed E-state index contributed by atoms with van der Waals surface area (Å²) < 4.78 is 2.41. The maximum atomic E-state index is 5.66. The van der Waals surface area contributed by atoms with Crippen LogP contribution in [0.5, 0.6) is 0 Å². The Morgan fingerprint density at radius 3 is 1.55 bits per heavy atom. The molecule has 0 unspecified atom stereocenters. The normalized spacial score (nSPS) is 11.7. The molecule has 0 saturated carbocycles. The van der Waals surface area contributed by atoms with Crippen LogP contribution in [0.1, 0.15) is 0 Å². The van der Waals surface area contributed by atoms with Gasteiger partial charge in [0.1, 0.15) is 0 Å². The fourth-order valence-corrected chi connectivity index (χ4v) is 10.1. The topological polar surface area (TPSA) is 56.5 Å². The Kier molecular flexibility index (Phi) is 8.46. The zero-order valence-electron chi connectivity index (χ0n) is 35.1. The third kappa shape index (κ3) is 5.94. The highest BCUT2D eigenvalue weighted by Crippen LogP contribution is 2.47. The minimum absolute atomic E-state index is 0.797. The summed E-state index contributed by atoms with van der Waals surface area (Å²) in [7, 11) is 0. The van der Waals surface area contributed by atoms with E-state index in [9.17, 15) is 0 Å². The van der Waals surface area contributed by atoms with E-state index in [1.165, 1.54) is 38.0 Å². The second kappa shape index (κ2) is 14.9. The van der Waals surface area contributed by atoms with Gasteiger partial charge in [-0.25, -0.2) is 9.97 Å². The van der Waals surface area contributed by atoms with Crippen molar-refractivity contribution in [3.63, 3.8) is 0 Å². The predicted octanol–water partition coefficient (Wildman–Crippen LogP) is 15.3. The van der Waals surface area contributed by atoms with E-state index in [4.69, 9.17) is 9.97 Å². The van der Waals surface area contributed by atoms with Gasteiger partial charge in [0.05, 0.1) is 45.0 Å². The van der Waals surface area contributed by atoms with Gasteiger partial charge in [-0.05, 0) is 111 Å². The molecule has 302 valence electrons. The largest absolute Gasteiger partial charge is 0.309 e. The van der Waals surface area contributed by atoms with Gasteiger partial charge in [0.15, 0.2) is 0 Å². The van der Waals surface area contributed by atoms with Crippen LogP contribution in [-0.4, -0.2) is 24.5 Å². The van der Waals surface area contributed by atoms with Crippen molar-refractivity contribution in [3.8, 4) is 62.0 Å². The standard InChI is InChI=1S/C60H37N5/c1-3-17-38(18-4-1)60-48-31-32-56-58(47-25-11-12-28-55(47)65(56)40-19-5-2-6-20-40)59(48)57-46-24-10-9-23-44(46)49(37-54(57)64-60)45-30-29-41(42-21-7-8-22-43(42)45)39-35-52(50-26-13-15-33-61-50)63-53(36-39)51-27-14-16-34-62-51/h1-37H. The van der Waals surface area contributed by atoms with Gasteiger partial charge in [-0.3, -0.25) is 9.97 Å². The van der Waals surface area contributed by atoms with Crippen molar-refractivity contribution < 1.29 is 0 Å². The summed E-state index contributed by atoms with van der Waals surface area (Å²) in [6, 6.07) is 75.4. The van der Waals surface area contributed by atoms with Crippen LogP contribution in [0.3, 0.4) is 0 Å². The number of pyridine rings is 4. The molecule has 13 aromatic rings. The summed E-state index contributed by atoms with van der Waals surface area (Å²) in [6.45, 7) is 0. The van der Waals surface area contributed by atoms with Crippen molar-refractivity contribution in [1.82, 2.24) is 24.5 Å². The van der Waals surface area contributed by atoms with E-state index >= 15 is 0 Å². The Hall–Kier alpha value is -8.80. The molecule has 65 heavy (non-hydrogen) atoms. The smallest absolute Gasteiger partial charge is 0.0900 e. The fraction of sp³-hybridized carbons (Fsp3) is 0. The zero-order valence-corrected chi connectivity index (χ0v) is 35.1. The maximum absolute atomic E-state index is 5.66. The minimum Gasteiger partial charge on any atom is -0.309 e. The molecule has 5 heterocycles. The molecule has 5 aromatic heterocycles. The van der Waals surface area contributed by atoms with Crippen molar-refractivity contribution in [3.05, 3.63) is 225 Å². The Labute approximate surface area is 374 Å². The molecular weight excluding hydrogens is 791 g/mol. The van der Waals surface area contributed by atoms with E-state index in [-0.39, 0.29) is 0 Å². The molecule has 0 fully saturated rings. The number of fused-ring (bicyclic) bond motifs is 10. The van der Waals surface area contributed by atoms with Crippen molar-refractivity contribution in [2.75, 3.05) is 0 Å². The van der Waals surface area contributed by atoms with E-state index in [1.54, 1.807) is 0 Å². The quantitative estimate of drug-likeness (QED) is 0.157. The summed E-state index contributed by atoms with van der Waals surface area (Å²) in [4.78, 5) is 20.1. The molecule has 0 amide bonds. The van der Waals surface area contributed by atoms with E-state index < -0.39 is 0 Å². The molecule has 0 radical (unpaired) electrons. The first kappa shape index (κ1) is 36.8. The van der Waals surface area contributed by atoms with Gasteiger partial charge in [0.2, 0.25) is 0 Å². The number of para-hydroxylation sites is 2. The summed E-state index contributed by atoms with van der Waals surface area (Å²) in [5.41, 5.74) is 14.1. The molecule has 5 heteroatoms. The van der Waals surface area contributed by atoms with Gasteiger partial charge in [-0.1, -0.05) is 146 Å². The number of nitrogens with zero attached hydrogens (tertiary/aromatic N) is 5. The minimum atomic E-state index is 0.797. The first-order chi connectivity index (χ1) is 32.3. The maximum Gasteiger partial charge on any atom is 0.0900 e. The highest BCUT2D eigenvalue weighted by Gasteiger charge is 2.23. The second-order valence-electron chi connectivity index (χ2n) is 16.5. The molecule has 0 N–H and O–H groups in total. The molecule has 8 aromatic carbocycles. The molecule has 0 bridgehead atoms. The lowest BCUT2D eigenvalue weighted by molar-refractivity contribution is 1.18. The van der Waals surface area contributed by atoms with Gasteiger partial charge in [-0.2, -0.15) is 0 Å².